The van der Waals surface area contributed by atoms with Crippen molar-refractivity contribution in [2.75, 3.05) is 0 Å². The van der Waals surface area contributed by atoms with E-state index in [0.29, 0.717) is 0 Å². The standard InChI is InChI=1S/C13H10Br2ClN/c14-9-4-5-11(13(16)7-9)12(15)8-10-3-1-2-6-17-10/h1-7,12H,8H2. The van der Waals surface area contributed by atoms with E-state index in [0.717, 1.165) is 27.2 Å². The summed E-state index contributed by atoms with van der Waals surface area (Å²) in [7, 11) is 0. The molecular weight excluding hydrogens is 365 g/mol. The average Bonchev–Trinajstić information content (AvgIpc) is 2.30. The van der Waals surface area contributed by atoms with Crippen LogP contribution in [0, 0.1) is 0 Å². The van der Waals surface area contributed by atoms with Gasteiger partial charge in [0.25, 0.3) is 0 Å². The summed E-state index contributed by atoms with van der Waals surface area (Å²) >= 11 is 13.3. The summed E-state index contributed by atoms with van der Waals surface area (Å²) in [5.41, 5.74) is 2.13. The molecule has 0 aliphatic rings. The van der Waals surface area contributed by atoms with Crippen molar-refractivity contribution in [1.82, 2.24) is 4.98 Å². The Kier molecular flexibility index (Phi) is 4.60. The van der Waals surface area contributed by atoms with Gasteiger partial charge in [-0.1, -0.05) is 55.6 Å². The summed E-state index contributed by atoms with van der Waals surface area (Å²) < 4.78 is 0.990. The van der Waals surface area contributed by atoms with Crippen LogP contribution in [0.25, 0.3) is 0 Å². The van der Waals surface area contributed by atoms with Crippen molar-refractivity contribution < 1.29 is 0 Å². The van der Waals surface area contributed by atoms with E-state index in [9.17, 15) is 0 Å². The third-order valence-electron chi connectivity index (χ3n) is 2.41. The van der Waals surface area contributed by atoms with E-state index in [1.165, 1.54) is 0 Å². The molecule has 0 radical (unpaired) electrons. The van der Waals surface area contributed by atoms with Crippen molar-refractivity contribution in [3.05, 3.63) is 63.3 Å². The van der Waals surface area contributed by atoms with Gasteiger partial charge < -0.3 is 0 Å². The lowest BCUT2D eigenvalue weighted by molar-refractivity contribution is 0.905. The second kappa shape index (κ2) is 5.98. The van der Waals surface area contributed by atoms with E-state index >= 15 is 0 Å². The largest absolute Gasteiger partial charge is 0.261 e. The quantitative estimate of drug-likeness (QED) is 0.674. The van der Waals surface area contributed by atoms with E-state index in [1.807, 2.05) is 36.4 Å². The Bertz CT molecular complexity index is 502. The van der Waals surface area contributed by atoms with Crippen molar-refractivity contribution in [2.45, 2.75) is 11.2 Å². The minimum Gasteiger partial charge on any atom is -0.261 e. The molecule has 1 nitrogen and oxygen atoms in total. The summed E-state index contributed by atoms with van der Waals surface area (Å²) in [6.45, 7) is 0. The fourth-order valence-corrected chi connectivity index (χ4v) is 3.24. The van der Waals surface area contributed by atoms with Gasteiger partial charge >= 0.3 is 0 Å². The van der Waals surface area contributed by atoms with Crippen LogP contribution in [-0.2, 0) is 6.42 Å². The molecule has 1 aromatic heterocycles. The first-order valence-electron chi connectivity index (χ1n) is 5.16. The Labute approximate surface area is 122 Å². The molecule has 1 heterocycles. The maximum Gasteiger partial charge on any atom is 0.0465 e. The summed E-state index contributed by atoms with van der Waals surface area (Å²) in [4.78, 5) is 4.49. The van der Waals surface area contributed by atoms with Crippen LogP contribution in [0.2, 0.25) is 5.02 Å². The van der Waals surface area contributed by atoms with Gasteiger partial charge in [0.15, 0.2) is 0 Å². The molecule has 0 N–H and O–H groups in total. The Morgan fingerprint density at radius 2 is 2.06 bits per heavy atom. The maximum atomic E-state index is 6.21. The highest BCUT2D eigenvalue weighted by atomic mass is 79.9. The van der Waals surface area contributed by atoms with Crippen LogP contribution in [0.5, 0.6) is 0 Å². The van der Waals surface area contributed by atoms with Gasteiger partial charge in [0, 0.05) is 32.6 Å². The number of halogens is 3. The maximum absolute atomic E-state index is 6.21. The van der Waals surface area contributed by atoms with Crippen molar-refractivity contribution in [2.24, 2.45) is 0 Å². The lowest BCUT2D eigenvalue weighted by atomic mass is 10.1. The molecule has 0 amide bonds. The second-order valence-electron chi connectivity index (χ2n) is 3.66. The van der Waals surface area contributed by atoms with Gasteiger partial charge in [-0.25, -0.2) is 0 Å². The lowest BCUT2D eigenvalue weighted by Gasteiger charge is -2.11. The first kappa shape index (κ1) is 13.1. The summed E-state index contributed by atoms with van der Waals surface area (Å²) in [6, 6.07) is 11.8. The van der Waals surface area contributed by atoms with E-state index in [4.69, 9.17) is 11.6 Å². The lowest BCUT2D eigenvalue weighted by Crippen LogP contribution is -1.98. The van der Waals surface area contributed by atoms with Gasteiger partial charge in [0.05, 0.1) is 0 Å². The molecule has 1 aromatic carbocycles. The molecule has 0 aliphatic heterocycles. The Morgan fingerprint density at radius 1 is 1.24 bits per heavy atom. The Balaban J connectivity index is 2.17. The fourth-order valence-electron chi connectivity index (χ4n) is 1.57. The zero-order chi connectivity index (χ0) is 12.3. The van der Waals surface area contributed by atoms with E-state index in [-0.39, 0.29) is 4.83 Å². The number of pyridine rings is 1. The number of hydrogen-bond acceptors (Lipinski definition) is 1. The van der Waals surface area contributed by atoms with E-state index in [2.05, 4.69) is 36.8 Å². The smallest absolute Gasteiger partial charge is 0.0465 e. The van der Waals surface area contributed by atoms with Gasteiger partial charge in [-0.2, -0.15) is 0 Å². The first-order chi connectivity index (χ1) is 8.16. The average molecular weight is 375 g/mol. The van der Waals surface area contributed by atoms with Crippen LogP contribution in [-0.4, -0.2) is 4.98 Å². The highest BCUT2D eigenvalue weighted by Gasteiger charge is 2.12. The minimum absolute atomic E-state index is 0.179. The van der Waals surface area contributed by atoms with Crippen molar-refractivity contribution in [3.63, 3.8) is 0 Å². The van der Waals surface area contributed by atoms with Gasteiger partial charge in [-0.05, 0) is 29.8 Å². The van der Waals surface area contributed by atoms with E-state index in [1.54, 1.807) is 6.20 Å². The number of nitrogens with zero attached hydrogens (tertiary/aromatic N) is 1. The fraction of sp³-hybridized carbons (Fsp3) is 0.154. The molecule has 1 atom stereocenters. The number of aromatic nitrogens is 1. The van der Waals surface area contributed by atoms with Crippen molar-refractivity contribution in [1.29, 1.82) is 0 Å². The second-order valence-corrected chi connectivity index (χ2v) is 6.09. The number of benzene rings is 1. The van der Waals surface area contributed by atoms with Crippen LogP contribution in [0.1, 0.15) is 16.1 Å². The molecular formula is C13H10Br2ClN. The number of alkyl halides is 1. The van der Waals surface area contributed by atoms with Crippen LogP contribution in [0.3, 0.4) is 0 Å². The molecule has 17 heavy (non-hydrogen) atoms. The molecule has 4 heteroatoms. The highest BCUT2D eigenvalue weighted by molar-refractivity contribution is 9.10. The third-order valence-corrected chi connectivity index (χ3v) is 4.05. The normalized spacial score (nSPS) is 12.4. The monoisotopic (exact) mass is 373 g/mol. The molecule has 0 fully saturated rings. The number of hydrogen-bond donors (Lipinski definition) is 0. The van der Waals surface area contributed by atoms with Gasteiger partial charge in [-0.3, -0.25) is 4.98 Å². The Morgan fingerprint density at radius 3 is 2.71 bits per heavy atom. The summed E-state index contributed by atoms with van der Waals surface area (Å²) in [5.74, 6) is 0. The first-order valence-corrected chi connectivity index (χ1v) is 7.24. The summed E-state index contributed by atoms with van der Waals surface area (Å²) in [5, 5.41) is 0.761. The van der Waals surface area contributed by atoms with Crippen LogP contribution < -0.4 is 0 Å². The van der Waals surface area contributed by atoms with Crippen LogP contribution in [0.4, 0.5) is 0 Å². The number of rotatable bonds is 3. The Hall–Kier alpha value is -0.380. The van der Waals surface area contributed by atoms with Crippen LogP contribution in [0.15, 0.2) is 47.1 Å². The molecule has 0 spiro atoms. The molecule has 88 valence electrons. The molecule has 0 saturated carbocycles. The molecule has 1 unspecified atom stereocenters. The van der Waals surface area contributed by atoms with Gasteiger partial charge in [0.1, 0.15) is 0 Å². The van der Waals surface area contributed by atoms with Crippen LogP contribution >= 0.6 is 43.5 Å². The topological polar surface area (TPSA) is 12.9 Å². The molecule has 0 bridgehead atoms. The molecule has 2 aromatic rings. The predicted octanol–water partition coefficient (Wildman–Crippen LogP) is 5.18. The highest BCUT2D eigenvalue weighted by Crippen LogP contribution is 2.33. The zero-order valence-electron chi connectivity index (χ0n) is 8.91. The third kappa shape index (κ3) is 3.54. The predicted molar refractivity (Wildman–Crippen MR) is 78.8 cm³/mol. The molecule has 0 saturated heterocycles. The summed E-state index contributed by atoms with van der Waals surface area (Å²) in [6.07, 6.45) is 2.63. The SMILES string of the molecule is Clc1cc(Br)ccc1C(Br)Cc1ccccn1. The molecule has 2 rings (SSSR count). The van der Waals surface area contributed by atoms with E-state index < -0.39 is 0 Å². The van der Waals surface area contributed by atoms with Crippen molar-refractivity contribution >= 4 is 43.5 Å². The molecule has 0 aliphatic carbocycles. The van der Waals surface area contributed by atoms with Crippen molar-refractivity contribution in [3.8, 4) is 0 Å². The minimum atomic E-state index is 0.179. The zero-order valence-corrected chi connectivity index (χ0v) is 12.8. The van der Waals surface area contributed by atoms with Gasteiger partial charge in [-0.15, -0.1) is 0 Å². The van der Waals surface area contributed by atoms with Gasteiger partial charge in [0.2, 0.25) is 0 Å².